The third kappa shape index (κ3) is 4.87. The number of anilines is 1. The summed E-state index contributed by atoms with van der Waals surface area (Å²) in [6, 6.07) is 1.50. The van der Waals surface area contributed by atoms with Crippen molar-refractivity contribution in [3.8, 4) is 0 Å². The van der Waals surface area contributed by atoms with Crippen molar-refractivity contribution in [1.29, 1.82) is 0 Å². The van der Waals surface area contributed by atoms with Gasteiger partial charge in [-0.05, 0) is 50.7 Å². The normalized spacial score (nSPS) is 14.2. The van der Waals surface area contributed by atoms with Gasteiger partial charge in [0.25, 0.3) is 0 Å². The van der Waals surface area contributed by atoms with Crippen LogP contribution < -0.4 is 5.32 Å². The van der Waals surface area contributed by atoms with Gasteiger partial charge in [-0.15, -0.1) is 0 Å². The topological polar surface area (TPSA) is 63.6 Å². The number of nitrogens with zero attached hydrogens (tertiary/aromatic N) is 4. The summed E-state index contributed by atoms with van der Waals surface area (Å²) in [6.07, 6.45) is 0.529. The zero-order valence-corrected chi connectivity index (χ0v) is 14.0. The number of alkyl halides is 3. The van der Waals surface area contributed by atoms with Crippen LogP contribution in [0, 0.1) is 6.92 Å². The Morgan fingerprint density at radius 3 is 2.72 bits per heavy atom. The molecule has 0 fully saturated rings. The summed E-state index contributed by atoms with van der Waals surface area (Å²) in [5.41, 5.74) is 3.72. The second-order valence-corrected chi connectivity index (χ2v) is 6.20. The number of aromatic nitrogens is 4. The Labute approximate surface area is 144 Å². The lowest BCUT2D eigenvalue weighted by molar-refractivity contribution is -0.134. The van der Waals surface area contributed by atoms with Gasteiger partial charge in [-0.1, -0.05) is 0 Å². The van der Waals surface area contributed by atoms with Gasteiger partial charge >= 0.3 is 6.18 Å². The third-order valence-electron chi connectivity index (χ3n) is 4.22. The lowest BCUT2D eigenvalue weighted by atomic mass is 9.95. The minimum absolute atomic E-state index is 0.158. The molecule has 0 bridgehead atoms. The van der Waals surface area contributed by atoms with Crippen LogP contribution in [0.15, 0.2) is 12.3 Å². The molecule has 0 saturated heterocycles. The van der Waals surface area contributed by atoms with Crippen molar-refractivity contribution < 1.29 is 13.2 Å². The van der Waals surface area contributed by atoms with Crippen molar-refractivity contribution in [2.24, 2.45) is 0 Å². The number of rotatable bonds is 5. The van der Waals surface area contributed by atoms with E-state index < -0.39 is 12.6 Å². The van der Waals surface area contributed by atoms with Gasteiger partial charge < -0.3 is 5.32 Å². The Kier molecular flexibility index (Phi) is 5.15. The van der Waals surface area contributed by atoms with E-state index in [1.807, 2.05) is 6.92 Å². The molecule has 134 valence electrons. The van der Waals surface area contributed by atoms with Crippen LogP contribution in [0.5, 0.6) is 0 Å². The maximum Gasteiger partial charge on any atom is 0.389 e. The van der Waals surface area contributed by atoms with Crippen LogP contribution >= 0.6 is 0 Å². The summed E-state index contributed by atoms with van der Waals surface area (Å²) in [4.78, 5) is 17.3. The van der Waals surface area contributed by atoms with Crippen LogP contribution in [0.1, 0.15) is 47.7 Å². The summed E-state index contributed by atoms with van der Waals surface area (Å²) in [5, 5.41) is 3.00. The molecule has 0 radical (unpaired) electrons. The molecule has 1 aliphatic carbocycles. The molecule has 8 heteroatoms. The monoisotopic (exact) mass is 351 g/mol. The van der Waals surface area contributed by atoms with Gasteiger partial charge in [0.15, 0.2) is 0 Å². The zero-order valence-electron chi connectivity index (χ0n) is 14.0. The molecule has 25 heavy (non-hydrogen) atoms. The molecule has 0 spiro atoms. The molecule has 0 unspecified atom stereocenters. The summed E-state index contributed by atoms with van der Waals surface area (Å²) >= 11 is 0. The van der Waals surface area contributed by atoms with Gasteiger partial charge in [0.1, 0.15) is 5.82 Å². The van der Waals surface area contributed by atoms with Crippen molar-refractivity contribution in [2.45, 2.75) is 58.2 Å². The molecule has 2 aromatic heterocycles. The van der Waals surface area contributed by atoms with Gasteiger partial charge in [0.05, 0.1) is 6.54 Å². The van der Waals surface area contributed by atoms with Crippen molar-refractivity contribution >= 4 is 5.95 Å². The largest absolute Gasteiger partial charge is 0.389 e. The minimum atomic E-state index is -4.19. The molecule has 0 saturated carbocycles. The molecule has 3 rings (SSSR count). The second-order valence-electron chi connectivity index (χ2n) is 6.20. The second kappa shape index (κ2) is 7.33. The summed E-state index contributed by atoms with van der Waals surface area (Å²) in [6.45, 7) is 2.33. The summed E-state index contributed by atoms with van der Waals surface area (Å²) < 4.78 is 36.9. The minimum Gasteiger partial charge on any atom is -0.347 e. The predicted octanol–water partition coefficient (Wildman–Crippen LogP) is 3.56. The van der Waals surface area contributed by atoms with E-state index >= 15 is 0 Å². The van der Waals surface area contributed by atoms with Gasteiger partial charge in [0.2, 0.25) is 5.95 Å². The van der Waals surface area contributed by atoms with Crippen LogP contribution in [0.25, 0.3) is 0 Å². The molecule has 5 nitrogen and oxygen atoms in total. The van der Waals surface area contributed by atoms with E-state index in [2.05, 4.69) is 25.3 Å². The molecule has 0 atom stereocenters. The number of fused-ring (bicyclic) bond motifs is 1. The summed E-state index contributed by atoms with van der Waals surface area (Å²) in [7, 11) is 0. The average Bonchev–Trinajstić information content (AvgIpc) is 2.58. The Morgan fingerprint density at radius 2 is 1.92 bits per heavy atom. The highest BCUT2D eigenvalue weighted by atomic mass is 19.4. The number of hydrogen-bond donors (Lipinski definition) is 1. The maximum atomic E-state index is 12.3. The van der Waals surface area contributed by atoms with Gasteiger partial charge in [0, 0.05) is 29.7 Å². The fraction of sp³-hybridized carbons (Fsp3) is 0.529. The highest BCUT2D eigenvalue weighted by molar-refractivity contribution is 5.29. The van der Waals surface area contributed by atoms with E-state index in [4.69, 9.17) is 0 Å². The van der Waals surface area contributed by atoms with Gasteiger partial charge in [-0.2, -0.15) is 13.2 Å². The van der Waals surface area contributed by atoms with Crippen molar-refractivity contribution in [3.63, 3.8) is 0 Å². The first-order valence-corrected chi connectivity index (χ1v) is 8.38. The number of nitrogens with one attached hydrogen (secondary N) is 1. The van der Waals surface area contributed by atoms with Gasteiger partial charge in [-0.3, -0.25) is 0 Å². The Bertz CT molecular complexity index is 746. The lowest BCUT2D eigenvalue weighted by Gasteiger charge is -2.17. The quantitative estimate of drug-likeness (QED) is 0.892. The zero-order chi connectivity index (χ0) is 17.9. The fourth-order valence-electron chi connectivity index (χ4n) is 2.97. The molecule has 2 aromatic rings. The van der Waals surface area contributed by atoms with E-state index in [9.17, 15) is 13.2 Å². The average molecular weight is 351 g/mol. The highest BCUT2D eigenvalue weighted by Crippen LogP contribution is 2.22. The SMILES string of the molecule is Cc1nc(CNc2nccc(CCC(F)(F)F)n2)nc2c1CCCC2. The number of hydrogen-bond acceptors (Lipinski definition) is 5. The Hall–Kier alpha value is -2.25. The number of aryl methyl sites for hydroxylation is 3. The van der Waals surface area contributed by atoms with E-state index in [0.717, 1.165) is 30.7 Å². The molecule has 0 aliphatic heterocycles. The Morgan fingerprint density at radius 1 is 1.12 bits per heavy atom. The Balaban J connectivity index is 1.65. The van der Waals surface area contributed by atoms with E-state index in [1.54, 1.807) is 0 Å². The van der Waals surface area contributed by atoms with Crippen molar-refractivity contribution in [1.82, 2.24) is 19.9 Å². The standard InChI is InChI=1S/C17H20F3N5/c1-11-13-4-2-3-5-14(13)25-15(23-11)10-22-16-21-9-7-12(24-16)6-8-17(18,19)20/h7,9H,2-6,8,10H2,1H3,(H,21,22,24). The highest BCUT2D eigenvalue weighted by Gasteiger charge is 2.26. The molecule has 0 amide bonds. The summed E-state index contributed by atoms with van der Waals surface area (Å²) in [5.74, 6) is 0.945. The molecular weight excluding hydrogens is 331 g/mol. The number of halogens is 3. The fourth-order valence-corrected chi connectivity index (χ4v) is 2.97. The van der Waals surface area contributed by atoms with Crippen molar-refractivity contribution in [3.05, 3.63) is 40.7 Å². The molecule has 1 aliphatic rings. The molecular formula is C17H20F3N5. The first-order chi connectivity index (χ1) is 11.9. The smallest absolute Gasteiger partial charge is 0.347 e. The van der Waals surface area contributed by atoms with Crippen LogP contribution in [-0.4, -0.2) is 26.1 Å². The first-order valence-electron chi connectivity index (χ1n) is 8.38. The third-order valence-corrected chi connectivity index (χ3v) is 4.22. The first kappa shape index (κ1) is 17.6. The molecule has 1 N–H and O–H groups in total. The van der Waals surface area contributed by atoms with E-state index in [1.165, 1.54) is 24.2 Å². The van der Waals surface area contributed by atoms with Crippen molar-refractivity contribution in [2.75, 3.05) is 5.32 Å². The lowest BCUT2D eigenvalue weighted by Crippen LogP contribution is -2.15. The molecule has 0 aromatic carbocycles. The maximum absolute atomic E-state index is 12.3. The predicted molar refractivity (Wildman–Crippen MR) is 87.1 cm³/mol. The van der Waals surface area contributed by atoms with Crippen LogP contribution in [-0.2, 0) is 25.8 Å². The van der Waals surface area contributed by atoms with E-state index in [-0.39, 0.29) is 6.42 Å². The van der Waals surface area contributed by atoms with E-state index in [0.29, 0.717) is 24.0 Å². The van der Waals surface area contributed by atoms with Gasteiger partial charge in [-0.25, -0.2) is 19.9 Å². The van der Waals surface area contributed by atoms with Crippen LogP contribution in [0.4, 0.5) is 19.1 Å². The molecule has 2 heterocycles. The van der Waals surface area contributed by atoms with Crippen LogP contribution in [0.3, 0.4) is 0 Å². The van der Waals surface area contributed by atoms with Crippen LogP contribution in [0.2, 0.25) is 0 Å².